The monoisotopic (exact) mass is 422 g/mol. The lowest BCUT2D eigenvalue weighted by Gasteiger charge is -2.43. The van der Waals surface area contributed by atoms with E-state index < -0.39 is 0 Å². The van der Waals surface area contributed by atoms with Crippen LogP contribution in [0.2, 0.25) is 0 Å². The predicted octanol–water partition coefficient (Wildman–Crippen LogP) is 1.52. The van der Waals surface area contributed by atoms with Gasteiger partial charge in [0.05, 0.1) is 12.2 Å². The summed E-state index contributed by atoms with van der Waals surface area (Å²) < 4.78 is 8.01. The average molecular weight is 423 g/mol. The van der Waals surface area contributed by atoms with Crippen LogP contribution in [-0.4, -0.2) is 57.8 Å². The molecule has 6 rings (SSSR count). The number of fused-ring (bicyclic) bond motifs is 6. The third kappa shape index (κ3) is 3.51. The number of aromatic nitrogens is 3. The zero-order chi connectivity index (χ0) is 21.1. The largest absolute Gasteiger partial charge is 0.372 e. The van der Waals surface area contributed by atoms with Crippen LogP contribution in [0.1, 0.15) is 42.1 Å². The summed E-state index contributed by atoms with van der Waals surface area (Å²) >= 11 is 0. The zero-order valence-corrected chi connectivity index (χ0v) is 18.0. The number of aryl methyl sites for hydroxylation is 1. The number of anilines is 2. The van der Waals surface area contributed by atoms with Gasteiger partial charge in [0.25, 0.3) is 5.56 Å². The van der Waals surface area contributed by atoms with E-state index in [9.17, 15) is 4.79 Å². The summed E-state index contributed by atoms with van der Waals surface area (Å²) in [5, 5.41) is 0. The molecule has 3 saturated heterocycles. The van der Waals surface area contributed by atoms with Crippen LogP contribution in [0, 0.1) is 12.8 Å². The quantitative estimate of drug-likeness (QED) is 0.802. The van der Waals surface area contributed by atoms with Gasteiger partial charge < -0.3 is 19.9 Å². The number of pyridine rings is 1. The lowest BCUT2D eigenvalue weighted by Crippen LogP contribution is -2.48. The van der Waals surface area contributed by atoms with Crippen molar-refractivity contribution in [3.05, 3.63) is 45.5 Å². The highest BCUT2D eigenvalue weighted by Crippen LogP contribution is 2.37. The van der Waals surface area contributed by atoms with Gasteiger partial charge in [0.2, 0.25) is 5.95 Å². The topological polar surface area (TPSA) is 89.5 Å². The molecule has 3 fully saturated rings. The molecule has 4 bridgehead atoms. The molecule has 0 saturated carbocycles. The number of nitrogens with zero attached hydrogens (tertiary/aromatic N) is 5. The zero-order valence-electron chi connectivity index (χ0n) is 18.0. The number of hydrogen-bond donors (Lipinski definition) is 1. The third-order valence-electron chi connectivity index (χ3n) is 7.38. The Kier molecular flexibility index (Phi) is 4.54. The van der Waals surface area contributed by atoms with Gasteiger partial charge in [-0.3, -0.25) is 9.69 Å². The Morgan fingerprint density at radius 2 is 1.90 bits per heavy atom. The van der Waals surface area contributed by atoms with Crippen molar-refractivity contribution in [1.82, 2.24) is 19.4 Å². The Labute approximate surface area is 182 Å². The van der Waals surface area contributed by atoms with Gasteiger partial charge in [-0.15, -0.1) is 0 Å². The highest BCUT2D eigenvalue weighted by Gasteiger charge is 2.37. The fourth-order valence-electron chi connectivity index (χ4n) is 6.10. The smallest absolute Gasteiger partial charge is 0.255 e. The van der Waals surface area contributed by atoms with Gasteiger partial charge in [-0.2, -0.15) is 4.98 Å². The molecule has 8 nitrogen and oxygen atoms in total. The lowest BCUT2D eigenvalue weighted by molar-refractivity contribution is -0.0412. The van der Waals surface area contributed by atoms with E-state index in [1.807, 2.05) is 13.0 Å². The van der Waals surface area contributed by atoms with Gasteiger partial charge >= 0.3 is 0 Å². The van der Waals surface area contributed by atoms with Crippen LogP contribution < -0.4 is 16.2 Å². The number of likely N-dealkylation sites (tertiary alicyclic amines) is 1. The van der Waals surface area contributed by atoms with E-state index in [0.29, 0.717) is 30.0 Å². The molecule has 8 heteroatoms. The van der Waals surface area contributed by atoms with Gasteiger partial charge in [-0.1, -0.05) is 6.07 Å². The summed E-state index contributed by atoms with van der Waals surface area (Å²) in [7, 11) is 0. The van der Waals surface area contributed by atoms with Crippen LogP contribution in [0.3, 0.4) is 0 Å². The number of piperidine rings is 1. The van der Waals surface area contributed by atoms with Gasteiger partial charge in [-0.25, -0.2) is 4.98 Å². The number of nitrogens with two attached hydrogens (primary N) is 1. The summed E-state index contributed by atoms with van der Waals surface area (Å²) in [6.07, 6.45) is 4.14. The van der Waals surface area contributed by atoms with E-state index in [-0.39, 0.29) is 5.56 Å². The maximum Gasteiger partial charge on any atom is 0.255 e. The van der Waals surface area contributed by atoms with Crippen LogP contribution in [0.15, 0.2) is 23.0 Å². The minimum atomic E-state index is 0.196. The van der Waals surface area contributed by atoms with Gasteiger partial charge in [0.1, 0.15) is 5.82 Å². The van der Waals surface area contributed by atoms with E-state index >= 15 is 0 Å². The van der Waals surface area contributed by atoms with Gasteiger partial charge in [0, 0.05) is 68.2 Å². The van der Waals surface area contributed by atoms with Crippen molar-refractivity contribution < 1.29 is 4.74 Å². The molecular weight excluding hydrogens is 392 g/mol. The van der Waals surface area contributed by atoms with Crippen molar-refractivity contribution in [2.24, 2.45) is 5.92 Å². The highest BCUT2D eigenvalue weighted by atomic mass is 16.5. The second-order valence-electron chi connectivity index (χ2n) is 9.78. The molecule has 2 N–H and O–H groups in total. The van der Waals surface area contributed by atoms with Crippen LogP contribution in [0.5, 0.6) is 0 Å². The lowest BCUT2D eigenvalue weighted by atomic mass is 9.83. The minimum Gasteiger partial charge on any atom is -0.372 e. The normalized spacial score (nSPS) is 29.8. The fraction of sp³-hybridized carbons (Fsp3) is 0.609. The van der Waals surface area contributed by atoms with Crippen LogP contribution >= 0.6 is 0 Å². The summed E-state index contributed by atoms with van der Waals surface area (Å²) in [4.78, 5) is 26.8. The number of ether oxygens (including phenoxy) is 1. The maximum absolute atomic E-state index is 13.4. The predicted molar refractivity (Wildman–Crippen MR) is 118 cm³/mol. The SMILES string of the molecule is Cc1cc(N2C[C@@H]3C[C@H](C2)c2ccc(CN4C[C@H]5CC[C@@H](C4)O5)c(=O)n2C3)nc(N)n1. The second kappa shape index (κ2) is 7.31. The molecule has 0 amide bonds. The third-order valence-corrected chi connectivity index (χ3v) is 7.38. The molecule has 4 aliphatic rings. The van der Waals surface area contributed by atoms with Crippen molar-refractivity contribution in [2.75, 3.05) is 36.8 Å². The molecule has 2 aromatic rings. The van der Waals surface area contributed by atoms with Crippen molar-refractivity contribution in [1.29, 1.82) is 0 Å². The first kappa shape index (κ1) is 19.3. The Bertz CT molecular complexity index is 1040. The van der Waals surface area contributed by atoms with Crippen molar-refractivity contribution in [3.63, 3.8) is 0 Å². The molecule has 0 unspecified atom stereocenters. The molecule has 31 heavy (non-hydrogen) atoms. The standard InChI is InChI=1S/C23H30N6O2/c1-14-6-21(26-23(24)25-14)28-8-15-7-17(11-28)20-5-2-16(22(30)29(20)9-15)10-27-12-18-3-4-19(13-27)31-18/h2,5-6,15,17-19H,3-4,7-13H2,1H3,(H2,24,25,26)/t15-,17+,18-,19+/m0/s1. The van der Waals surface area contributed by atoms with Crippen LogP contribution in [0.25, 0.3) is 0 Å². The summed E-state index contributed by atoms with van der Waals surface area (Å²) in [5.74, 6) is 2.00. The fourth-order valence-corrected chi connectivity index (χ4v) is 6.10. The van der Waals surface area contributed by atoms with Crippen molar-refractivity contribution >= 4 is 11.8 Å². The molecule has 2 aromatic heterocycles. The second-order valence-corrected chi connectivity index (χ2v) is 9.78. The van der Waals surface area contributed by atoms with Crippen LogP contribution in [-0.2, 0) is 17.8 Å². The molecule has 4 atom stereocenters. The Hall–Kier alpha value is -2.45. The molecular formula is C23H30N6O2. The molecule has 0 radical (unpaired) electrons. The van der Waals surface area contributed by atoms with Gasteiger partial charge in [0.15, 0.2) is 0 Å². The first-order chi connectivity index (χ1) is 15.0. The van der Waals surface area contributed by atoms with E-state index in [2.05, 4.69) is 36.5 Å². The number of hydrogen-bond acceptors (Lipinski definition) is 7. The summed E-state index contributed by atoms with van der Waals surface area (Å²) in [6, 6.07) is 6.26. The van der Waals surface area contributed by atoms with Crippen molar-refractivity contribution in [2.45, 2.75) is 57.4 Å². The van der Waals surface area contributed by atoms with E-state index in [1.165, 1.54) is 0 Å². The van der Waals surface area contributed by atoms with Crippen molar-refractivity contribution in [3.8, 4) is 0 Å². The maximum atomic E-state index is 13.4. The average Bonchev–Trinajstić information content (AvgIpc) is 3.07. The molecule has 0 spiro atoms. The number of rotatable bonds is 3. The highest BCUT2D eigenvalue weighted by molar-refractivity contribution is 5.45. The Morgan fingerprint density at radius 1 is 1.10 bits per heavy atom. The molecule has 4 aliphatic heterocycles. The summed E-state index contributed by atoms with van der Waals surface area (Å²) in [6.45, 7) is 7.11. The van der Waals surface area contributed by atoms with Crippen LogP contribution in [0.4, 0.5) is 11.8 Å². The Balaban J connectivity index is 1.24. The van der Waals surface area contributed by atoms with E-state index in [4.69, 9.17) is 10.5 Å². The molecule has 0 aliphatic carbocycles. The number of nitrogen functional groups attached to an aromatic ring is 1. The molecule has 0 aromatic carbocycles. The number of morpholine rings is 1. The van der Waals surface area contributed by atoms with E-state index in [0.717, 1.165) is 81.3 Å². The van der Waals surface area contributed by atoms with E-state index in [1.54, 1.807) is 0 Å². The summed E-state index contributed by atoms with van der Waals surface area (Å²) in [5.41, 5.74) is 9.05. The van der Waals surface area contributed by atoms with Gasteiger partial charge in [-0.05, 0) is 38.2 Å². The first-order valence-corrected chi connectivity index (χ1v) is 11.5. The Morgan fingerprint density at radius 3 is 2.68 bits per heavy atom. The minimum absolute atomic E-state index is 0.196. The molecule has 6 heterocycles. The molecule has 164 valence electrons. The first-order valence-electron chi connectivity index (χ1n) is 11.5.